The van der Waals surface area contributed by atoms with Gasteiger partial charge in [0, 0.05) is 44.5 Å². The molecule has 132 valence electrons. The second kappa shape index (κ2) is 7.60. The average Bonchev–Trinajstić information content (AvgIpc) is 3.15. The fourth-order valence-electron chi connectivity index (χ4n) is 3.03. The van der Waals surface area contributed by atoms with Crippen molar-refractivity contribution in [2.75, 3.05) is 18.0 Å². The lowest BCUT2D eigenvalue weighted by Gasteiger charge is -2.16. The molecule has 0 atom stereocenters. The summed E-state index contributed by atoms with van der Waals surface area (Å²) in [5, 5.41) is 11.0. The van der Waals surface area contributed by atoms with E-state index in [0.29, 0.717) is 25.8 Å². The van der Waals surface area contributed by atoms with E-state index >= 15 is 0 Å². The summed E-state index contributed by atoms with van der Waals surface area (Å²) in [6.07, 6.45) is 10.00. The zero-order valence-electron chi connectivity index (χ0n) is 14.7. The van der Waals surface area contributed by atoms with Gasteiger partial charge in [0.1, 0.15) is 0 Å². The normalized spacial score (nSPS) is 17.4. The number of carbonyl (C=O) groups excluding carboxylic acids is 1. The van der Waals surface area contributed by atoms with Crippen LogP contribution in [-0.2, 0) is 11.3 Å². The van der Waals surface area contributed by atoms with Gasteiger partial charge in [0.15, 0.2) is 5.66 Å². The molecule has 25 heavy (non-hydrogen) atoms. The Morgan fingerprint density at radius 2 is 2.08 bits per heavy atom. The molecule has 1 fully saturated rings. The third-order valence-corrected chi connectivity index (χ3v) is 4.56. The van der Waals surface area contributed by atoms with E-state index in [2.05, 4.69) is 36.3 Å². The van der Waals surface area contributed by atoms with Crippen molar-refractivity contribution in [3.8, 4) is 12.3 Å². The fraction of sp³-hybridized carbons (Fsp3) is 0.611. The van der Waals surface area contributed by atoms with Crippen LogP contribution in [0.3, 0.4) is 0 Å². The highest BCUT2D eigenvalue weighted by Crippen LogP contribution is 2.37. The highest BCUT2D eigenvalue weighted by atomic mass is 16.1. The van der Waals surface area contributed by atoms with Crippen LogP contribution in [0.15, 0.2) is 16.3 Å². The molecule has 2 aliphatic rings. The molecule has 1 N–H and O–H groups in total. The zero-order chi connectivity index (χ0) is 17.7. The topological polar surface area (TPSA) is 82.8 Å². The molecular formula is C18H24N6O. The number of terminal acetylenes is 1. The summed E-state index contributed by atoms with van der Waals surface area (Å²) < 4.78 is 0. The van der Waals surface area contributed by atoms with Gasteiger partial charge >= 0.3 is 0 Å². The van der Waals surface area contributed by atoms with Gasteiger partial charge in [0.2, 0.25) is 11.9 Å². The number of aromatic nitrogens is 2. The molecule has 0 saturated carbocycles. The van der Waals surface area contributed by atoms with E-state index in [4.69, 9.17) is 6.42 Å². The van der Waals surface area contributed by atoms with Crippen LogP contribution < -0.4 is 10.2 Å². The second-order valence-electron chi connectivity index (χ2n) is 6.66. The van der Waals surface area contributed by atoms with Gasteiger partial charge in [-0.15, -0.1) is 12.3 Å². The minimum Gasteiger partial charge on any atom is -0.350 e. The monoisotopic (exact) mass is 340 g/mol. The van der Waals surface area contributed by atoms with Crippen LogP contribution in [0, 0.1) is 19.3 Å². The van der Waals surface area contributed by atoms with E-state index in [0.717, 1.165) is 36.8 Å². The van der Waals surface area contributed by atoms with Crippen molar-refractivity contribution in [1.82, 2.24) is 15.3 Å². The zero-order valence-corrected chi connectivity index (χ0v) is 14.7. The van der Waals surface area contributed by atoms with E-state index < -0.39 is 5.66 Å². The Bertz CT molecular complexity index is 696. The Labute approximate surface area is 148 Å². The number of anilines is 1. The Hall–Kier alpha value is -2.49. The molecule has 0 unspecified atom stereocenters. The lowest BCUT2D eigenvalue weighted by molar-refractivity contribution is -0.121. The van der Waals surface area contributed by atoms with Gasteiger partial charge < -0.3 is 10.2 Å². The van der Waals surface area contributed by atoms with Gasteiger partial charge in [0.05, 0.1) is 12.2 Å². The molecule has 0 spiro atoms. The summed E-state index contributed by atoms with van der Waals surface area (Å²) in [6.45, 7) is 4.37. The third kappa shape index (κ3) is 4.75. The molecule has 7 heteroatoms. The number of hydrogen-bond donors (Lipinski definition) is 1. The number of hydrogen-bond acceptors (Lipinski definition) is 6. The van der Waals surface area contributed by atoms with Crippen LogP contribution in [0.4, 0.5) is 5.95 Å². The van der Waals surface area contributed by atoms with Crippen LogP contribution in [0.1, 0.15) is 49.9 Å². The molecule has 1 aromatic rings. The molecule has 3 rings (SSSR count). The standard InChI is InChI=1S/C18H24N6O/c1-3-4-8-18(22-23-18)9-7-16(25)19-13-15-12-14(2)20-17(21-15)24-10-5-6-11-24/h1,12H,4-11,13H2,2H3,(H,19,25). The largest absolute Gasteiger partial charge is 0.350 e. The first-order chi connectivity index (χ1) is 12.1. The maximum Gasteiger partial charge on any atom is 0.225 e. The summed E-state index contributed by atoms with van der Waals surface area (Å²) in [5.74, 6) is 3.34. The average molecular weight is 340 g/mol. The van der Waals surface area contributed by atoms with Crippen molar-refractivity contribution < 1.29 is 4.79 Å². The highest BCUT2D eigenvalue weighted by Gasteiger charge is 2.39. The summed E-state index contributed by atoms with van der Waals surface area (Å²) in [4.78, 5) is 23.4. The van der Waals surface area contributed by atoms with E-state index in [1.54, 1.807) is 0 Å². The molecule has 3 heterocycles. The van der Waals surface area contributed by atoms with Crippen molar-refractivity contribution in [2.45, 2.75) is 57.7 Å². The number of rotatable bonds is 8. The van der Waals surface area contributed by atoms with Crippen molar-refractivity contribution >= 4 is 11.9 Å². The maximum atomic E-state index is 12.1. The molecule has 7 nitrogen and oxygen atoms in total. The quantitative estimate of drug-likeness (QED) is 0.737. The number of amides is 1. The summed E-state index contributed by atoms with van der Waals surface area (Å²) in [5.41, 5.74) is 1.36. The molecule has 1 saturated heterocycles. The minimum absolute atomic E-state index is 0.0172. The lowest BCUT2D eigenvalue weighted by Crippen LogP contribution is -2.26. The molecular weight excluding hydrogens is 316 g/mol. The second-order valence-corrected chi connectivity index (χ2v) is 6.66. The Morgan fingerprint density at radius 1 is 1.32 bits per heavy atom. The van der Waals surface area contributed by atoms with Crippen molar-refractivity contribution in [3.05, 3.63) is 17.5 Å². The summed E-state index contributed by atoms with van der Waals surface area (Å²) >= 11 is 0. The molecule has 0 bridgehead atoms. The number of aryl methyl sites for hydroxylation is 1. The van der Waals surface area contributed by atoms with Gasteiger partial charge in [-0.1, -0.05) is 0 Å². The minimum atomic E-state index is -0.405. The van der Waals surface area contributed by atoms with Gasteiger partial charge in [0.25, 0.3) is 0 Å². The summed E-state index contributed by atoms with van der Waals surface area (Å²) in [7, 11) is 0. The van der Waals surface area contributed by atoms with Crippen LogP contribution >= 0.6 is 0 Å². The van der Waals surface area contributed by atoms with Gasteiger partial charge in [-0.25, -0.2) is 9.97 Å². The first kappa shape index (κ1) is 17.3. The number of nitrogens with zero attached hydrogens (tertiary/aromatic N) is 5. The molecule has 0 aromatic carbocycles. The van der Waals surface area contributed by atoms with Crippen LogP contribution in [0.2, 0.25) is 0 Å². The van der Waals surface area contributed by atoms with Crippen LogP contribution in [0.5, 0.6) is 0 Å². The van der Waals surface area contributed by atoms with E-state index in [9.17, 15) is 4.79 Å². The number of carbonyl (C=O) groups is 1. The molecule has 2 aliphatic heterocycles. The SMILES string of the molecule is C#CCCC1(CCC(=O)NCc2cc(C)nc(N3CCCC3)n2)N=N1. The predicted molar refractivity (Wildman–Crippen MR) is 95.0 cm³/mol. The van der Waals surface area contributed by atoms with Gasteiger partial charge in [-0.2, -0.15) is 10.2 Å². The van der Waals surface area contributed by atoms with E-state index in [-0.39, 0.29) is 5.91 Å². The first-order valence-electron chi connectivity index (χ1n) is 8.84. The van der Waals surface area contributed by atoms with E-state index in [1.165, 1.54) is 12.8 Å². The van der Waals surface area contributed by atoms with Crippen molar-refractivity contribution in [1.29, 1.82) is 0 Å². The molecule has 1 aromatic heterocycles. The lowest BCUT2D eigenvalue weighted by atomic mass is 10.0. The van der Waals surface area contributed by atoms with E-state index in [1.807, 2.05) is 13.0 Å². The molecule has 0 aliphatic carbocycles. The summed E-state index contributed by atoms with van der Waals surface area (Å²) in [6, 6.07) is 1.92. The van der Waals surface area contributed by atoms with Crippen LogP contribution in [-0.4, -0.2) is 34.6 Å². The highest BCUT2D eigenvalue weighted by molar-refractivity contribution is 5.75. The Morgan fingerprint density at radius 3 is 2.76 bits per heavy atom. The Kier molecular flexibility index (Phi) is 5.27. The number of nitrogens with one attached hydrogen (secondary N) is 1. The third-order valence-electron chi connectivity index (χ3n) is 4.56. The fourth-order valence-corrected chi connectivity index (χ4v) is 3.03. The van der Waals surface area contributed by atoms with Crippen LogP contribution in [0.25, 0.3) is 0 Å². The first-order valence-corrected chi connectivity index (χ1v) is 8.84. The van der Waals surface area contributed by atoms with Gasteiger partial charge in [-0.05, 0) is 25.8 Å². The smallest absolute Gasteiger partial charge is 0.225 e. The molecule has 1 amide bonds. The van der Waals surface area contributed by atoms with Crippen molar-refractivity contribution in [2.24, 2.45) is 10.2 Å². The predicted octanol–water partition coefficient (Wildman–Crippen LogP) is 2.36. The Balaban J connectivity index is 1.48. The molecule has 0 radical (unpaired) electrons. The van der Waals surface area contributed by atoms with Gasteiger partial charge in [-0.3, -0.25) is 4.79 Å². The maximum absolute atomic E-state index is 12.1. The van der Waals surface area contributed by atoms with Crippen molar-refractivity contribution in [3.63, 3.8) is 0 Å².